The van der Waals surface area contributed by atoms with Gasteiger partial charge >= 0.3 is 0 Å². The Labute approximate surface area is 111 Å². The summed E-state index contributed by atoms with van der Waals surface area (Å²) < 4.78 is 0. The first-order valence-corrected chi connectivity index (χ1v) is 10.2. The minimum absolute atomic E-state index is 0.359. The number of hydrogen-bond donors (Lipinski definition) is 2. The van der Waals surface area contributed by atoms with Gasteiger partial charge in [-0.15, -0.1) is 5.54 Å². The van der Waals surface area contributed by atoms with E-state index >= 15 is 0 Å². The Hall–Kier alpha value is -1.05. The number of aromatic amines is 1. The molecule has 1 saturated heterocycles. The van der Waals surface area contributed by atoms with E-state index < -0.39 is 8.07 Å². The molecule has 0 aliphatic carbocycles. The van der Waals surface area contributed by atoms with Crippen molar-refractivity contribution in [3.63, 3.8) is 0 Å². The van der Waals surface area contributed by atoms with Crippen molar-refractivity contribution < 1.29 is 0 Å². The first-order chi connectivity index (χ1) is 8.35. The van der Waals surface area contributed by atoms with Crippen molar-refractivity contribution in [2.45, 2.75) is 52.0 Å². The molecule has 1 aromatic rings. The van der Waals surface area contributed by atoms with Crippen molar-refractivity contribution in [3.05, 3.63) is 17.7 Å². The van der Waals surface area contributed by atoms with E-state index in [-0.39, 0.29) is 0 Å². The molecule has 18 heavy (non-hydrogen) atoms. The molecule has 98 valence electrons. The van der Waals surface area contributed by atoms with Gasteiger partial charge in [-0.3, -0.25) is 0 Å². The van der Waals surface area contributed by atoms with Crippen LogP contribution in [0.3, 0.4) is 0 Å². The average Bonchev–Trinajstić information content (AvgIpc) is 2.83. The van der Waals surface area contributed by atoms with Gasteiger partial charge < -0.3 is 10.3 Å². The summed E-state index contributed by atoms with van der Waals surface area (Å²) >= 11 is 0. The summed E-state index contributed by atoms with van der Waals surface area (Å²) in [4.78, 5) is 7.81. The number of nitrogens with zero attached hydrogens (tertiary/aromatic N) is 1. The normalized spacial score (nSPS) is 27.9. The summed E-state index contributed by atoms with van der Waals surface area (Å²) in [6.45, 7) is 11.3. The Bertz CT molecular complexity index is 465. The summed E-state index contributed by atoms with van der Waals surface area (Å²) in [6, 6.07) is 0.925. The zero-order valence-corrected chi connectivity index (χ0v) is 13.0. The highest BCUT2D eigenvalue weighted by Gasteiger charge is 2.29. The molecule has 0 spiro atoms. The predicted molar refractivity (Wildman–Crippen MR) is 77.9 cm³/mol. The van der Waals surface area contributed by atoms with Gasteiger partial charge in [-0.2, -0.15) is 0 Å². The van der Waals surface area contributed by atoms with Crippen molar-refractivity contribution in [3.8, 4) is 11.5 Å². The molecular formula is C14H23N3Si. The van der Waals surface area contributed by atoms with Gasteiger partial charge in [0.15, 0.2) is 0 Å². The fourth-order valence-corrected chi connectivity index (χ4v) is 2.66. The third-order valence-corrected chi connectivity index (χ3v) is 4.30. The van der Waals surface area contributed by atoms with Gasteiger partial charge in [0.1, 0.15) is 19.6 Å². The molecule has 0 bridgehead atoms. The lowest BCUT2D eigenvalue weighted by molar-refractivity contribution is 0.516. The monoisotopic (exact) mass is 261 g/mol. The van der Waals surface area contributed by atoms with Gasteiger partial charge in [0.25, 0.3) is 0 Å². The summed E-state index contributed by atoms with van der Waals surface area (Å²) in [5.74, 6) is 4.96. The van der Waals surface area contributed by atoms with E-state index in [1.54, 1.807) is 0 Å². The lowest BCUT2D eigenvalue weighted by atomic mass is 10.0. The molecule has 1 aromatic heterocycles. The van der Waals surface area contributed by atoms with Crippen LogP contribution in [0.5, 0.6) is 0 Å². The third kappa shape index (κ3) is 3.24. The average molecular weight is 261 g/mol. The van der Waals surface area contributed by atoms with E-state index in [0.717, 1.165) is 17.9 Å². The van der Waals surface area contributed by atoms with E-state index in [1.807, 2.05) is 6.20 Å². The Morgan fingerprint density at radius 3 is 2.61 bits per heavy atom. The van der Waals surface area contributed by atoms with Crippen LogP contribution in [-0.2, 0) is 0 Å². The van der Waals surface area contributed by atoms with Crippen molar-refractivity contribution in [2.24, 2.45) is 5.92 Å². The van der Waals surface area contributed by atoms with Crippen LogP contribution >= 0.6 is 0 Å². The number of H-pyrrole nitrogens is 1. The topological polar surface area (TPSA) is 40.7 Å². The number of rotatable bonds is 1. The van der Waals surface area contributed by atoms with E-state index in [0.29, 0.717) is 18.0 Å². The van der Waals surface area contributed by atoms with Gasteiger partial charge in [-0.05, 0) is 19.3 Å². The molecule has 0 amide bonds. The molecule has 2 N–H and O–H groups in total. The molecule has 0 saturated carbocycles. The summed E-state index contributed by atoms with van der Waals surface area (Å²) in [6.07, 6.45) is 3.01. The van der Waals surface area contributed by atoms with E-state index in [9.17, 15) is 0 Å². The van der Waals surface area contributed by atoms with Crippen molar-refractivity contribution in [1.82, 2.24) is 15.3 Å². The fourth-order valence-electron chi connectivity index (χ4n) is 2.15. The zero-order chi connectivity index (χ0) is 13.3. The standard InChI is InChI=1S/C14H23N3Si/c1-10-8-13(16-11(10)2)14-15-9-12(17-14)6-7-18(3,4)5/h9-11,13,16H,8H2,1-5H3,(H,15,17)/t10-,11-,13+/m1/s1. The molecule has 1 aliphatic rings. The molecule has 0 unspecified atom stereocenters. The van der Waals surface area contributed by atoms with Crippen LogP contribution < -0.4 is 5.32 Å². The lowest BCUT2D eigenvalue weighted by Crippen LogP contribution is -2.24. The quantitative estimate of drug-likeness (QED) is 0.603. The van der Waals surface area contributed by atoms with Crippen LogP contribution in [0.25, 0.3) is 0 Å². The van der Waals surface area contributed by atoms with Gasteiger partial charge in [-0.1, -0.05) is 32.5 Å². The zero-order valence-electron chi connectivity index (χ0n) is 12.0. The van der Waals surface area contributed by atoms with Crippen LogP contribution in [0.2, 0.25) is 19.6 Å². The van der Waals surface area contributed by atoms with Crippen LogP contribution in [0.15, 0.2) is 6.20 Å². The minimum atomic E-state index is -1.31. The molecule has 0 radical (unpaired) electrons. The van der Waals surface area contributed by atoms with Crippen molar-refractivity contribution >= 4 is 8.07 Å². The highest BCUT2D eigenvalue weighted by molar-refractivity contribution is 6.83. The van der Waals surface area contributed by atoms with Crippen LogP contribution in [0.4, 0.5) is 0 Å². The first-order valence-electron chi connectivity index (χ1n) is 6.69. The highest BCUT2D eigenvalue weighted by Crippen LogP contribution is 2.28. The maximum absolute atomic E-state index is 4.46. The lowest BCUT2D eigenvalue weighted by Gasteiger charge is -2.08. The molecular weight excluding hydrogens is 238 g/mol. The van der Waals surface area contributed by atoms with E-state index in [1.165, 1.54) is 0 Å². The minimum Gasteiger partial charge on any atom is -0.334 e. The molecule has 4 heteroatoms. The van der Waals surface area contributed by atoms with Crippen LogP contribution in [0, 0.1) is 17.4 Å². The Balaban J connectivity index is 2.09. The fraction of sp³-hybridized carbons (Fsp3) is 0.643. The Morgan fingerprint density at radius 2 is 2.06 bits per heavy atom. The summed E-state index contributed by atoms with van der Waals surface area (Å²) in [5, 5.41) is 3.57. The van der Waals surface area contributed by atoms with Gasteiger partial charge in [0, 0.05) is 6.04 Å². The smallest absolute Gasteiger partial charge is 0.129 e. The number of aromatic nitrogens is 2. The van der Waals surface area contributed by atoms with E-state index in [4.69, 9.17) is 0 Å². The van der Waals surface area contributed by atoms with Crippen molar-refractivity contribution in [2.75, 3.05) is 0 Å². The van der Waals surface area contributed by atoms with Crippen LogP contribution in [0.1, 0.15) is 37.8 Å². The molecule has 0 aromatic carbocycles. The molecule has 3 nitrogen and oxygen atoms in total. The molecule has 2 rings (SSSR count). The van der Waals surface area contributed by atoms with E-state index in [2.05, 4.69) is 60.2 Å². The third-order valence-electron chi connectivity index (χ3n) is 3.42. The van der Waals surface area contributed by atoms with Gasteiger partial charge in [0.05, 0.1) is 12.2 Å². The number of imidazole rings is 1. The second-order valence-corrected chi connectivity index (χ2v) is 11.2. The van der Waals surface area contributed by atoms with Gasteiger partial charge in [-0.25, -0.2) is 4.98 Å². The van der Waals surface area contributed by atoms with Crippen molar-refractivity contribution in [1.29, 1.82) is 0 Å². The first kappa shape index (κ1) is 13.4. The molecule has 1 aliphatic heterocycles. The Kier molecular flexibility index (Phi) is 3.65. The number of hydrogen-bond acceptors (Lipinski definition) is 2. The second-order valence-electron chi connectivity index (χ2n) is 6.40. The maximum atomic E-state index is 4.46. The summed E-state index contributed by atoms with van der Waals surface area (Å²) in [7, 11) is -1.31. The molecule has 3 atom stereocenters. The number of nitrogens with one attached hydrogen (secondary N) is 2. The maximum Gasteiger partial charge on any atom is 0.129 e. The molecule has 1 fully saturated rings. The SMILES string of the molecule is C[C@@H]1C[C@@H](c2ncc(C#C[Si](C)(C)C)[nH]2)N[C@@H]1C. The van der Waals surface area contributed by atoms with Gasteiger partial charge in [0.2, 0.25) is 0 Å². The second kappa shape index (κ2) is 4.91. The summed E-state index contributed by atoms with van der Waals surface area (Å²) in [5.41, 5.74) is 4.30. The largest absolute Gasteiger partial charge is 0.334 e. The van der Waals surface area contributed by atoms with Crippen LogP contribution in [-0.4, -0.2) is 24.1 Å². The molecule has 2 heterocycles. The predicted octanol–water partition coefficient (Wildman–Crippen LogP) is 2.70. The Morgan fingerprint density at radius 1 is 1.33 bits per heavy atom. The highest BCUT2D eigenvalue weighted by atomic mass is 28.3.